The van der Waals surface area contributed by atoms with Crippen molar-refractivity contribution in [2.24, 2.45) is 0 Å². The van der Waals surface area contributed by atoms with E-state index in [9.17, 15) is 9.50 Å². The Kier molecular flexibility index (Phi) is 10.2. The van der Waals surface area contributed by atoms with E-state index in [2.05, 4.69) is 41.5 Å². The summed E-state index contributed by atoms with van der Waals surface area (Å²) in [6.07, 6.45) is 8.36. The molecule has 0 saturated heterocycles. The molecule has 0 saturated carbocycles. The summed E-state index contributed by atoms with van der Waals surface area (Å²) in [5.74, 6) is 0.387. The first kappa shape index (κ1) is 25.5. The predicted molar refractivity (Wildman–Crippen MR) is 130 cm³/mol. The molecule has 0 aliphatic rings. The summed E-state index contributed by atoms with van der Waals surface area (Å²) in [6.45, 7) is 13.0. The fourth-order valence-corrected chi connectivity index (χ4v) is 4.46. The number of aryl methyl sites for hydroxylation is 1. The molecule has 1 aromatic heterocycles. The second-order valence-electron chi connectivity index (χ2n) is 9.40. The number of aliphatic hydroxyl groups is 1. The van der Waals surface area contributed by atoms with Gasteiger partial charge >= 0.3 is 0 Å². The number of benzene rings is 1. The number of halogens is 1. The van der Waals surface area contributed by atoms with Crippen LogP contribution in [0.2, 0.25) is 0 Å². The lowest BCUT2D eigenvalue weighted by Gasteiger charge is -2.24. The Balaban J connectivity index is 2.73. The van der Waals surface area contributed by atoms with Gasteiger partial charge in [-0.05, 0) is 71.9 Å². The number of rotatable bonds is 12. The Bertz CT molecular complexity index is 841. The van der Waals surface area contributed by atoms with Crippen LogP contribution in [0.4, 0.5) is 4.39 Å². The van der Waals surface area contributed by atoms with Crippen LogP contribution in [0.15, 0.2) is 18.2 Å². The maximum Gasteiger partial charge on any atom is 0.126 e. The average molecular weight is 428 g/mol. The van der Waals surface area contributed by atoms with Gasteiger partial charge in [0.15, 0.2) is 0 Å². The largest absolute Gasteiger partial charge is 0.392 e. The molecule has 0 bridgehead atoms. The number of nitrogens with zero attached hydrogens (tertiary/aromatic N) is 1. The van der Waals surface area contributed by atoms with E-state index in [4.69, 9.17) is 4.98 Å². The molecule has 0 amide bonds. The van der Waals surface area contributed by atoms with Crippen LogP contribution in [-0.2, 0) is 19.4 Å². The molecule has 0 spiro atoms. The molecule has 2 aromatic rings. The van der Waals surface area contributed by atoms with E-state index < -0.39 is 0 Å². The summed E-state index contributed by atoms with van der Waals surface area (Å²) in [6, 6.07) is 5.53. The molecule has 0 radical (unpaired) electrons. The normalized spacial score (nSPS) is 11.7. The molecular weight excluding hydrogens is 385 g/mol. The third-order valence-corrected chi connectivity index (χ3v) is 6.13. The Morgan fingerprint density at radius 1 is 0.839 bits per heavy atom. The van der Waals surface area contributed by atoms with Crippen molar-refractivity contribution in [3.05, 3.63) is 52.1 Å². The van der Waals surface area contributed by atoms with Crippen LogP contribution >= 0.6 is 0 Å². The third kappa shape index (κ3) is 6.38. The lowest BCUT2D eigenvalue weighted by Crippen LogP contribution is -2.12. The highest BCUT2D eigenvalue weighted by Gasteiger charge is 2.23. The van der Waals surface area contributed by atoms with E-state index in [0.29, 0.717) is 5.92 Å². The van der Waals surface area contributed by atoms with Gasteiger partial charge in [0.25, 0.3) is 0 Å². The molecule has 31 heavy (non-hydrogen) atoms. The van der Waals surface area contributed by atoms with Crippen molar-refractivity contribution in [2.45, 2.75) is 111 Å². The minimum atomic E-state index is -0.125. The summed E-state index contributed by atoms with van der Waals surface area (Å²) in [5.41, 5.74) is 7.15. The maximum atomic E-state index is 14.6. The van der Waals surface area contributed by atoms with Gasteiger partial charge < -0.3 is 5.11 Å². The van der Waals surface area contributed by atoms with Crippen molar-refractivity contribution in [2.75, 3.05) is 0 Å². The summed E-state index contributed by atoms with van der Waals surface area (Å²) in [4.78, 5) is 5.07. The summed E-state index contributed by atoms with van der Waals surface area (Å²) < 4.78 is 14.6. The molecule has 0 aliphatic heterocycles. The summed E-state index contributed by atoms with van der Waals surface area (Å²) in [7, 11) is 0. The Labute approximate surface area is 189 Å². The molecule has 2 nitrogen and oxygen atoms in total. The third-order valence-electron chi connectivity index (χ3n) is 6.13. The Hall–Kier alpha value is -1.74. The molecule has 0 unspecified atom stereocenters. The number of pyridine rings is 1. The van der Waals surface area contributed by atoms with Gasteiger partial charge in [-0.2, -0.15) is 0 Å². The fourth-order valence-electron chi connectivity index (χ4n) is 4.46. The van der Waals surface area contributed by atoms with Gasteiger partial charge in [0.05, 0.1) is 6.61 Å². The Morgan fingerprint density at radius 2 is 1.42 bits per heavy atom. The molecule has 0 fully saturated rings. The van der Waals surface area contributed by atoms with E-state index in [1.807, 2.05) is 12.1 Å². The molecule has 172 valence electrons. The van der Waals surface area contributed by atoms with Crippen molar-refractivity contribution in [3.63, 3.8) is 0 Å². The first-order valence-electron chi connectivity index (χ1n) is 12.3. The van der Waals surface area contributed by atoms with Gasteiger partial charge in [-0.1, -0.05) is 73.3 Å². The molecule has 3 heteroatoms. The van der Waals surface area contributed by atoms with Gasteiger partial charge in [0, 0.05) is 17.0 Å². The van der Waals surface area contributed by atoms with Gasteiger partial charge in [-0.25, -0.2) is 4.39 Å². The number of hydrogen-bond acceptors (Lipinski definition) is 2. The van der Waals surface area contributed by atoms with Crippen molar-refractivity contribution < 1.29 is 9.50 Å². The van der Waals surface area contributed by atoms with Crippen LogP contribution in [0.25, 0.3) is 11.1 Å². The zero-order chi connectivity index (χ0) is 23.0. The molecule has 1 heterocycles. The minimum absolute atomic E-state index is 0.0441. The van der Waals surface area contributed by atoms with Gasteiger partial charge in [0.2, 0.25) is 0 Å². The van der Waals surface area contributed by atoms with Crippen LogP contribution < -0.4 is 0 Å². The van der Waals surface area contributed by atoms with E-state index in [1.165, 1.54) is 12.0 Å². The molecule has 1 aromatic carbocycles. The van der Waals surface area contributed by atoms with E-state index in [-0.39, 0.29) is 18.3 Å². The smallest absolute Gasteiger partial charge is 0.126 e. The highest BCUT2D eigenvalue weighted by Crippen LogP contribution is 2.38. The quantitative estimate of drug-likeness (QED) is 0.347. The standard InChI is InChI=1S/C28H42FNO/c1-7-9-11-13-21-17-22(15-16-25(21)29)26-23(14-12-10-8-2)27(19(3)4)30-28(20(5)6)24(26)18-31/h15-17,19-20,31H,7-14,18H2,1-6H3. The Morgan fingerprint density at radius 3 is 1.97 bits per heavy atom. The van der Waals surface area contributed by atoms with E-state index >= 15 is 0 Å². The highest BCUT2D eigenvalue weighted by molar-refractivity contribution is 5.74. The zero-order valence-corrected chi connectivity index (χ0v) is 20.5. The first-order valence-corrected chi connectivity index (χ1v) is 12.3. The molecule has 0 atom stereocenters. The SMILES string of the molecule is CCCCCc1cc(-c2c(CO)c(C(C)C)nc(C(C)C)c2CCCCC)ccc1F. The number of aliphatic hydroxyl groups excluding tert-OH is 1. The van der Waals surface area contributed by atoms with Crippen molar-refractivity contribution in [1.82, 2.24) is 4.98 Å². The zero-order valence-electron chi connectivity index (χ0n) is 20.5. The molecule has 0 aliphatic carbocycles. The summed E-state index contributed by atoms with van der Waals surface area (Å²) in [5, 5.41) is 10.4. The maximum absolute atomic E-state index is 14.6. The second kappa shape index (κ2) is 12.3. The van der Waals surface area contributed by atoms with Gasteiger partial charge in [-0.3, -0.25) is 4.98 Å². The monoisotopic (exact) mass is 427 g/mol. The van der Waals surface area contributed by atoms with E-state index in [0.717, 1.165) is 78.6 Å². The molecule has 1 N–H and O–H groups in total. The molecular formula is C28H42FNO. The summed E-state index contributed by atoms with van der Waals surface area (Å²) >= 11 is 0. The van der Waals surface area contributed by atoms with Gasteiger partial charge in [-0.15, -0.1) is 0 Å². The van der Waals surface area contributed by atoms with Crippen LogP contribution in [0.1, 0.15) is 120 Å². The van der Waals surface area contributed by atoms with E-state index in [1.54, 1.807) is 6.07 Å². The van der Waals surface area contributed by atoms with Crippen LogP contribution in [0.3, 0.4) is 0 Å². The topological polar surface area (TPSA) is 33.1 Å². The lowest BCUT2D eigenvalue weighted by atomic mass is 9.84. The average Bonchev–Trinajstić information content (AvgIpc) is 2.74. The first-order chi connectivity index (χ1) is 14.8. The minimum Gasteiger partial charge on any atom is -0.392 e. The number of hydrogen-bond donors (Lipinski definition) is 1. The van der Waals surface area contributed by atoms with Gasteiger partial charge in [0.1, 0.15) is 5.82 Å². The van der Waals surface area contributed by atoms with Crippen molar-refractivity contribution >= 4 is 0 Å². The molecule has 2 rings (SSSR count). The lowest BCUT2D eigenvalue weighted by molar-refractivity contribution is 0.279. The second-order valence-corrected chi connectivity index (χ2v) is 9.40. The van der Waals surface area contributed by atoms with Crippen LogP contribution in [-0.4, -0.2) is 10.1 Å². The van der Waals surface area contributed by atoms with Crippen molar-refractivity contribution in [3.8, 4) is 11.1 Å². The highest BCUT2D eigenvalue weighted by atomic mass is 19.1. The van der Waals surface area contributed by atoms with Crippen LogP contribution in [0.5, 0.6) is 0 Å². The van der Waals surface area contributed by atoms with Crippen molar-refractivity contribution in [1.29, 1.82) is 0 Å². The predicted octanol–water partition coefficient (Wildman–Crippen LogP) is 8.09. The van der Waals surface area contributed by atoms with Crippen LogP contribution in [0, 0.1) is 5.82 Å². The number of aromatic nitrogens is 1. The fraction of sp³-hybridized carbons (Fsp3) is 0.607. The number of unbranched alkanes of at least 4 members (excludes halogenated alkanes) is 4.